The lowest BCUT2D eigenvalue weighted by Crippen LogP contribution is -2.07. The monoisotopic (exact) mass is 315 g/mol. The number of aromatic nitrogens is 1. The van der Waals surface area contributed by atoms with E-state index in [-0.39, 0.29) is 11.7 Å². The third-order valence-corrected chi connectivity index (χ3v) is 4.82. The molecule has 0 fully saturated rings. The molecule has 5 rings (SSSR count). The van der Waals surface area contributed by atoms with Crippen molar-refractivity contribution in [3.8, 4) is 17.0 Å². The van der Waals surface area contributed by atoms with Crippen LogP contribution in [0.25, 0.3) is 28.2 Å². The number of hydrogen-bond acceptors (Lipinski definition) is 3. The average molecular weight is 315 g/mol. The van der Waals surface area contributed by atoms with E-state index in [0.717, 1.165) is 27.6 Å². The molecule has 4 heteroatoms. The summed E-state index contributed by atoms with van der Waals surface area (Å²) in [6.07, 6.45) is 3.41. The van der Waals surface area contributed by atoms with Gasteiger partial charge >= 0.3 is 0 Å². The molecule has 116 valence electrons. The van der Waals surface area contributed by atoms with Crippen LogP contribution in [0.15, 0.2) is 36.4 Å². The van der Waals surface area contributed by atoms with Gasteiger partial charge in [-0.2, -0.15) is 0 Å². The number of benzene rings is 2. The number of fused-ring (bicyclic) bond motifs is 5. The largest absolute Gasteiger partial charge is 0.496 e. The minimum Gasteiger partial charge on any atom is -0.496 e. The van der Waals surface area contributed by atoms with Gasteiger partial charge in [0.05, 0.1) is 29.4 Å². The van der Waals surface area contributed by atoms with Crippen LogP contribution in [0.5, 0.6) is 5.75 Å². The second-order valence-corrected chi connectivity index (χ2v) is 6.19. The average Bonchev–Trinajstić information content (AvgIpc) is 3.06. The van der Waals surface area contributed by atoms with E-state index in [9.17, 15) is 9.59 Å². The van der Waals surface area contributed by atoms with Gasteiger partial charge in [0, 0.05) is 10.9 Å². The van der Waals surface area contributed by atoms with Gasteiger partial charge in [-0.25, -0.2) is 0 Å². The van der Waals surface area contributed by atoms with E-state index in [4.69, 9.17) is 4.74 Å². The summed E-state index contributed by atoms with van der Waals surface area (Å²) in [5.74, 6) is 0.335. The van der Waals surface area contributed by atoms with Gasteiger partial charge in [-0.1, -0.05) is 24.3 Å². The van der Waals surface area contributed by atoms with Crippen LogP contribution in [0.2, 0.25) is 0 Å². The first-order valence-electron chi connectivity index (χ1n) is 7.75. The molecule has 0 saturated carbocycles. The SMILES string of the molecule is COc1cccc2c1C(=O)n1c-2c2c3c(cc(C)cc31)C=CC2=O. The molecule has 0 unspecified atom stereocenters. The first kappa shape index (κ1) is 13.3. The standard InChI is InChI=1S/C20H13NO3/c1-10-8-11-6-7-14(22)18-16(11)13(9-10)21-19(18)12-4-3-5-15(24-2)17(12)20(21)23/h3-9H,1-2H3. The highest BCUT2D eigenvalue weighted by Gasteiger charge is 2.37. The Balaban J connectivity index is 2.02. The number of hydrogen-bond donors (Lipinski definition) is 0. The van der Waals surface area contributed by atoms with Crippen molar-refractivity contribution in [3.63, 3.8) is 0 Å². The molecule has 0 bridgehead atoms. The minimum atomic E-state index is -0.139. The van der Waals surface area contributed by atoms with Gasteiger partial charge in [0.15, 0.2) is 5.78 Å². The molecule has 0 radical (unpaired) electrons. The molecular weight excluding hydrogens is 302 g/mol. The maximum absolute atomic E-state index is 13.1. The summed E-state index contributed by atoms with van der Waals surface area (Å²) in [4.78, 5) is 25.7. The third-order valence-electron chi connectivity index (χ3n) is 4.82. The Kier molecular flexibility index (Phi) is 2.35. The van der Waals surface area contributed by atoms with Gasteiger partial charge in [0.25, 0.3) is 5.91 Å². The summed E-state index contributed by atoms with van der Waals surface area (Å²) in [6, 6.07) is 9.51. The predicted octanol–water partition coefficient (Wildman–Crippen LogP) is 3.84. The Morgan fingerprint density at radius 2 is 1.88 bits per heavy atom. The van der Waals surface area contributed by atoms with Crippen LogP contribution in [0.1, 0.15) is 31.8 Å². The quantitative estimate of drug-likeness (QED) is 0.536. The van der Waals surface area contributed by atoms with Gasteiger partial charge in [-0.3, -0.25) is 14.2 Å². The van der Waals surface area contributed by atoms with Crippen LogP contribution in [0.4, 0.5) is 0 Å². The molecule has 0 atom stereocenters. The zero-order chi connectivity index (χ0) is 16.6. The Morgan fingerprint density at radius 1 is 1.04 bits per heavy atom. The molecule has 0 amide bonds. The van der Waals surface area contributed by atoms with Crippen molar-refractivity contribution in [1.82, 2.24) is 4.57 Å². The van der Waals surface area contributed by atoms with Gasteiger partial charge in [0.2, 0.25) is 0 Å². The number of ether oxygens (including phenoxy) is 1. The number of carbonyl (C=O) groups excluding carboxylic acids is 2. The number of allylic oxidation sites excluding steroid dienone is 1. The molecule has 0 spiro atoms. The highest BCUT2D eigenvalue weighted by Crippen LogP contribution is 2.46. The number of carbonyl (C=O) groups is 2. The van der Waals surface area contributed by atoms with Gasteiger partial charge < -0.3 is 4.74 Å². The highest BCUT2D eigenvalue weighted by atomic mass is 16.5. The maximum Gasteiger partial charge on any atom is 0.267 e. The number of ketones is 1. The number of rotatable bonds is 1. The van der Waals surface area contributed by atoms with Crippen molar-refractivity contribution in [2.45, 2.75) is 6.92 Å². The molecule has 1 aromatic heterocycles. The van der Waals surface area contributed by atoms with Crippen molar-refractivity contribution in [2.75, 3.05) is 7.11 Å². The summed E-state index contributed by atoms with van der Waals surface area (Å²) >= 11 is 0. The van der Waals surface area contributed by atoms with Crippen molar-refractivity contribution >= 4 is 28.7 Å². The van der Waals surface area contributed by atoms with Crippen LogP contribution in [-0.2, 0) is 0 Å². The maximum atomic E-state index is 13.1. The number of aryl methyl sites for hydroxylation is 1. The topological polar surface area (TPSA) is 48.3 Å². The van der Waals surface area contributed by atoms with Crippen molar-refractivity contribution in [3.05, 3.63) is 58.7 Å². The summed E-state index contributed by atoms with van der Waals surface area (Å²) in [7, 11) is 1.55. The fraction of sp³-hybridized carbons (Fsp3) is 0.100. The van der Waals surface area contributed by atoms with E-state index in [1.54, 1.807) is 23.8 Å². The minimum absolute atomic E-state index is 0.0615. The normalized spacial score (nSPS) is 14.2. The van der Waals surface area contributed by atoms with Crippen LogP contribution < -0.4 is 4.74 Å². The number of nitrogens with zero attached hydrogens (tertiary/aromatic N) is 1. The molecule has 0 saturated heterocycles. The molecule has 1 aliphatic heterocycles. The van der Waals surface area contributed by atoms with Crippen LogP contribution in [0, 0.1) is 6.92 Å². The predicted molar refractivity (Wildman–Crippen MR) is 91.8 cm³/mol. The van der Waals surface area contributed by atoms with E-state index in [1.165, 1.54) is 0 Å². The second kappa shape index (κ2) is 4.23. The van der Waals surface area contributed by atoms with Gasteiger partial charge in [-0.05, 0) is 36.3 Å². The first-order chi connectivity index (χ1) is 11.6. The van der Waals surface area contributed by atoms with Gasteiger partial charge in [-0.15, -0.1) is 0 Å². The second-order valence-electron chi connectivity index (χ2n) is 6.19. The molecule has 3 aromatic rings. The van der Waals surface area contributed by atoms with E-state index < -0.39 is 0 Å². The molecule has 1 aliphatic carbocycles. The smallest absolute Gasteiger partial charge is 0.267 e. The van der Waals surface area contributed by atoms with Crippen molar-refractivity contribution < 1.29 is 14.3 Å². The molecule has 4 nitrogen and oxygen atoms in total. The molecule has 24 heavy (non-hydrogen) atoms. The van der Waals surface area contributed by atoms with Gasteiger partial charge in [0.1, 0.15) is 5.75 Å². The molecule has 2 aromatic carbocycles. The fourth-order valence-corrected chi connectivity index (χ4v) is 3.91. The Bertz CT molecular complexity index is 1130. The van der Waals surface area contributed by atoms with Crippen molar-refractivity contribution in [2.24, 2.45) is 0 Å². The van der Waals surface area contributed by atoms with E-state index in [0.29, 0.717) is 22.6 Å². The highest BCUT2D eigenvalue weighted by molar-refractivity contribution is 6.29. The van der Waals surface area contributed by atoms with Crippen molar-refractivity contribution in [1.29, 1.82) is 0 Å². The fourth-order valence-electron chi connectivity index (χ4n) is 3.91. The van der Waals surface area contributed by atoms with Crippen LogP contribution in [-0.4, -0.2) is 23.4 Å². The van der Waals surface area contributed by atoms with E-state index in [2.05, 4.69) is 0 Å². The number of methoxy groups -OCH3 is 1. The molecule has 0 N–H and O–H groups in total. The molecular formula is C20H13NO3. The first-order valence-corrected chi connectivity index (χ1v) is 7.75. The van der Waals surface area contributed by atoms with E-state index >= 15 is 0 Å². The summed E-state index contributed by atoms with van der Waals surface area (Å²) in [5, 5.41) is 0.866. The zero-order valence-corrected chi connectivity index (χ0v) is 13.2. The third kappa shape index (κ3) is 1.39. The Labute approximate surface area is 138 Å². The van der Waals surface area contributed by atoms with Crippen LogP contribution >= 0.6 is 0 Å². The lowest BCUT2D eigenvalue weighted by molar-refractivity contribution is 0.0971. The Hall–Kier alpha value is -3.14. The molecule has 2 aliphatic rings. The molecule has 2 heterocycles. The lowest BCUT2D eigenvalue weighted by atomic mass is 9.92. The lowest BCUT2D eigenvalue weighted by Gasteiger charge is -2.10. The summed E-state index contributed by atoms with van der Waals surface area (Å²) in [5.41, 5.74) is 5.41. The summed E-state index contributed by atoms with van der Waals surface area (Å²) in [6.45, 7) is 1.99. The zero-order valence-electron chi connectivity index (χ0n) is 13.2. The van der Waals surface area contributed by atoms with Crippen LogP contribution in [0.3, 0.4) is 0 Å². The van der Waals surface area contributed by atoms with E-state index in [1.807, 2.05) is 37.3 Å². The summed E-state index contributed by atoms with van der Waals surface area (Å²) < 4.78 is 7.03. The Morgan fingerprint density at radius 3 is 2.67 bits per heavy atom.